The topological polar surface area (TPSA) is 40.5 Å². The van der Waals surface area contributed by atoms with E-state index in [9.17, 15) is 18.0 Å². The van der Waals surface area contributed by atoms with Crippen molar-refractivity contribution in [3.05, 3.63) is 62.6 Å². The van der Waals surface area contributed by atoms with Gasteiger partial charge < -0.3 is 10.0 Å². The lowest BCUT2D eigenvalue weighted by Gasteiger charge is -2.31. The highest BCUT2D eigenvalue weighted by atomic mass is 35.5. The maximum absolute atomic E-state index is 13.0. The standard InChI is InChI=1S/C19H16Cl2F3NO2/c20-15-8-14(9-16(21)18(15)19(22,23)24)25-6-5-12-7-11(2-4-17(26)27)1-3-13(12)10-25/h1,3,7-9H,2,4-6,10H2,(H,26,27). The van der Waals surface area contributed by atoms with Crippen molar-refractivity contribution >= 4 is 34.9 Å². The molecule has 0 saturated heterocycles. The number of nitrogens with zero attached hydrogens (tertiary/aromatic N) is 1. The molecule has 1 N–H and O–H groups in total. The van der Waals surface area contributed by atoms with Crippen molar-refractivity contribution in [2.75, 3.05) is 11.4 Å². The van der Waals surface area contributed by atoms with Crippen molar-refractivity contribution in [1.82, 2.24) is 0 Å². The molecule has 1 aliphatic rings. The Morgan fingerprint density at radius 2 is 1.78 bits per heavy atom. The van der Waals surface area contributed by atoms with Gasteiger partial charge in [0.05, 0.1) is 15.6 Å². The highest BCUT2D eigenvalue weighted by molar-refractivity contribution is 6.36. The summed E-state index contributed by atoms with van der Waals surface area (Å²) in [5, 5.41) is 7.96. The molecule has 0 saturated carbocycles. The molecular formula is C19H16Cl2F3NO2. The summed E-state index contributed by atoms with van der Waals surface area (Å²) in [4.78, 5) is 12.6. The molecule has 0 aromatic heterocycles. The third-order valence-electron chi connectivity index (χ3n) is 4.59. The third kappa shape index (κ3) is 4.50. The van der Waals surface area contributed by atoms with Crippen molar-refractivity contribution in [1.29, 1.82) is 0 Å². The molecule has 144 valence electrons. The van der Waals surface area contributed by atoms with E-state index in [0.717, 1.165) is 16.7 Å². The van der Waals surface area contributed by atoms with Gasteiger partial charge in [0.15, 0.2) is 0 Å². The molecule has 0 aliphatic carbocycles. The number of fused-ring (bicyclic) bond motifs is 1. The van der Waals surface area contributed by atoms with E-state index < -0.39 is 27.8 Å². The van der Waals surface area contributed by atoms with Crippen molar-refractivity contribution < 1.29 is 23.1 Å². The molecular weight excluding hydrogens is 402 g/mol. The van der Waals surface area contributed by atoms with Crippen LogP contribution >= 0.6 is 23.2 Å². The average Bonchev–Trinajstić information content (AvgIpc) is 2.57. The second-order valence-electron chi connectivity index (χ2n) is 6.45. The second-order valence-corrected chi connectivity index (χ2v) is 7.26. The molecule has 1 aliphatic heterocycles. The van der Waals surface area contributed by atoms with E-state index in [2.05, 4.69) is 0 Å². The van der Waals surface area contributed by atoms with Gasteiger partial charge in [0, 0.05) is 25.2 Å². The van der Waals surface area contributed by atoms with Gasteiger partial charge in [0.2, 0.25) is 0 Å². The molecule has 3 nitrogen and oxygen atoms in total. The molecule has 1 heterocycles. The molecule has 2 aromatic carbocycles. The van der Waals surface area contributed by atoms with E-state index >= 15 is 0 Å². The van der Waals surface area contributed by atoms with Crippen LogP contribution in [0.5, 0.6) is 0 Å². The lowest BCUT2D eigenvalue weighted by atomic mass is 9.95. The molecule has 0 amide bonds. The Kier molecular flexibility index (Phi) is 5.58. The number of anilines is 1. The number of halogens is 5. The minimum absolute atomic E-state index is 0.0768. The molecule has 0 atom stereocenters. The average molecular weight is 418 g/mol. The van der Waals surface area contributed by atoms with Crippen LogP contribution < -0.4 is 4.90 Å². The van der Waals surface area contributed by atoms with Gasteiger partial charge >= 0.3 is 12.1 Å². The van der Waals surface area contributed by atoms with Crippen molar-refractivity contribution in [2.45, 2.75) is 32.0 Å². The predicted octanol–water partition coefficient (Wildman–Crippen LogP) is 5.59. The first-order chi connectivity index (χ1) is 12.6. The van der Waals surface area contributed by atoms with Gasteiger partial charge in [0.1, 0.15) is 0 Å². The number of carboxylic acid groups (broad SMARTS) is 1. The van der Waals surface area contributed by atoms with E-state index in [1.54, 1.807) is 0 Å². The monoisotopic (exact) mass is 417 g/mol. The van der Waals surface area contributed by atoms with Crippen LogP contribution in [0.15, 0.2) is 30.3 Å². The first-order valence-corrected chi connectivity index (χ1v) is 9.04. The van der Waals surface area contributed by atoms with E-state index in [4.69, 9.17) is 28.3 Å². The third-order valence-corrected chi connectivity index (χ3v) is 5.18. The molecule has 0 spiro atoms. The van der Waals surface area contributed by atoms with Gasteiger partial charge in [-0.3, -0.25) is 4.79 Å². The smallest absolute Gasteiger partial charge is 0.419 e. The van der Waals surface area contributed by atoms with Gasteiger partial charge in [-0.15, -0.1) is 0 Å². The van der Waals surface area contributed by atoms with Gasteiger partial charge in [-0.05, 0) is 41.7 Å². The highest BCUT2D eigenvalue weighted by Gasteiger charge is 2.36. The largest absolute Gasteiger partial charge is 0.481 e. The van der Waals surface area contributed by atoms with Crippen molar-refractivity contribution in [3.8, 4) is 0 Å². The summed E-state index contributed by atoms with van der Waals surface area (Å²) >= 11 is 11.7. The number of hydrogen-bond donors (Lipinski definition) is 1. The van der Waals surface area contributed by atoms with Gasteiger partial charge in [0.25, 0.3) is 0 Å². The van der Waals surface area contributed by atoms with E-state index in [1.807, 2.05) is 23.1 Å². The summed E-state index contributed by atoms with van der Waals surface area (Å²) < 4.78 is 39.0. The molecule has 0 radical (unpaired) electrons. The van der Waals surface area contributed by atoms with Crippen LogP contribution in [0.4, 0.5) is 18.9 Å². The summed E-state index contributed by atoms with van der Waals surface area (Å²) in [6.07, 6.45) is -3.36. The number of carboxylic acids is 1. The summed E-state index contributed by atoms with van der Waals surface area (Å²) in [5.41, 5.74) is 2.66. The maximum Gasteiger partial charge on any atom is 0.419 e. The van der Waals surface area contributed by atoms with Gasteiger partial charge in [-0.25, -0.2) is 0 Å². The van der Waals surface area contributed by atoms with Crippen LogP contribution in [0.25, 0.3) is 0 Å². The van der Waals surface area contributed by atoms with Crippen LogP contribution in [0.2, 0.25) is 10.0 Å². The SMILES string of the molecule is O=C(O)CCc1ccc2c(c1)CCN(c1cc(Cl)c(C(F)(F)F)c(Cl)c1)C2. The number of rotatable bonds is 4. The summed E-state index contributed by atoms with van der Waals surface area (Å²) in [6, 6.07) is 8.41. The summed E-state index contributed by atoms with van der Waals surface area (Å²) in [6.45, 7) is 1.12. The minimum Gasteiger partial charge on any atom is -0.481 e. The fourth-order valence-corrected chi connectivity index (χ4v) is 3.94. The number of aliphatic carboxylic acids is 1. The summed E-state index contributed by atoms with van der Waals surface area (Å²) in [7, 11) is 0. The normalized spacial score (nSPS) is 14.2. The van der Waals surface area contributed by atoms with E-state index in [0.29, 0.717) is 31.6 Å². The first kappa shape index (κ1) is 19.8. The van der Waals surface area contributed by atoms with Crippen LogP contribution in [0, 0.1) is 0 Å². The Hall–Kier alpha value is -1.92. The number of carbonyl (C=O) groups is 1. The zero-order chi connectivity index (χ0) is 19.8. The number of alkyl halides is 3. The second kappa shape index (κ2) is 7.60. The first-order valence-electron chi connectivity index (χ1n) is 8.29. The van der Waals surface area contributed by atoms with Crippen LogP contribution in [-0.2, 0) is 30.4 Å². The number of aryl methyl sites for hydroxylation is 1. The fraction of sp³-hybridized carbons (Fsp3) is 0.316. The number of benzene rings is 2. The predicted molar refractivity (Wildman–Crippen MR) is 98.6 cm³/mol. The van der Waals surface area contributed by atoms with Crippen LogP contribution in [-0.4, -0.2) is 17.6 Å². The highest BCUT2D eigenvalue weighted by Crippen LogP contribution is 2.42. The Morgan fingerprint density at radius 3 is 2.37 bits per heavy atom. The molecule has 0 unspecified atom stereocenters. The van der Waals surface area contributed by atoms with E-state index in [-0.39, 0.29) is 6.42 Å². The molecule has 2 aromatic rings. The minimum atomic E-state index is -4.60. The van der Waals surface area contributed by atoms with Gasteiger partial charge in [-0.1, -0.05) is 41.4 Å². The van der Waals surface area contributed by atoms with Crippen molar-refractivity contribution in [2.24, 2.45) is 0 Å². The Bertz CT molecular complexity index is 861. The fourth-order valence-electron chi connectivity index (χ4n) is 3.25. The zero-order valence-corrected chi connectivity index (χ0v) is 15.6. The number of hydrogen-bond acceptors (Lipinski definition) is 2. The maximum atomic E-state index is 13.0. The quantitative estimate of drug-likeness (QED) is 0.704. The van der Waals surface area contributed by atoms with Crippen molar-refractivity contribution in [3.63, 3.8) is 0 Å². The molecule has 0 bridgehead atoms. The molecule has 8 heteroatoms. The zero-order valence-electron chi connectivity index (χ0n) is 14.1. The van der Waals surface area contributed by atoms with Crippen LogP contribution in [0.1, 0.15) is 28.7 Å². The van der Waals surface area contributed by atoms with E-state index in [1.165, 1.54) is 12.1 Å². The van der Waals surface area contributed by atoms with Gasteiger partial charge in [-0.2, -0.15) is 13.2 Å². The lowest BCUT2D eigenvalue weighted by Crippen LogP contribution is -2.30. The Morgan fingerprint density at radius 1 is 1.11 bits per heavy atom. The van der Waals surface area contributed by atoms with Crippen LogP contribution in [0.3, 0.4) is 0 Å². The molecule has 27 heavy (non-hydrogen) atoms. The Balaban J connectivity index is 1.81. The summed E-state index contributed by atoms with van der Waals surface area (Å²) in [5.74, 6) is -0.838. The lowest BCUT2D eigenvalue weighted by molar-refractivity contribution is -0.138. The molecule has 3 rings (SSSR count). The Labute approximate surface area is 164 Å². The molecule has 0 fully saturated rings.